The first-order chi connectivity index (χ1) is 16.1. The first-order valence-electron chi connectivity index (χ1n) is 11.0. The number of carbonyl (C=O) groups excluding carboxylic acids is 2. The average molecular weight is 444 g/mol. The van der Waals surface area contributed by atoms with Crippen molar-refractivity contribution in [3.8, 4) is 11.1 Å². The summed E-state index contributed by atoms with van der Waals surface area (Å²) in [7, 11) is 1.79. The van der Waals surface area contributed by atoms with Crippen LogP contribution in [-0.4, -0.2) is 72.6 Å². The van der Waals surface area contributed by atoms with E-state index in [0.717, 1.165) is 39.8 Å². The Kier molecular flexibility index (Phi) is 5.37. The quantitative estimate of drug-likeness (QED) is 0.462. The van der Waals surface area contributed by atoms with Crippen LogP contribution in [0.2, 0.25) is 0 Å². The fourth-order valence-corrected chi connectivity index (χ4v) is 4.55. The van der Waals surface area contributed by atoms with E-state index in [0.29, 0.717) is 25.9 Å². The lowest BCUT2D eigenvalue weighted by Gasteiger charge is -2.27. The molecule has 5 heterocycles. The number of likely N-dealkylation sites (N-methyl/N-ethyl adjacent to an activating group) is 1. The van der Waals surface area contributed by atoms with Crippen molar-refractivity contribution in [2.75, 3.05) is 20.1 Å². The molecule has 1 N–H and O–H groups in total. The maximum absolute atomic E-state index is 13.0. The Morgan fingerprint density at radius 3 is 3.00 bits per heavy atom. The van der Waals surface area contributed by atoms with Gasteiger partial charge in [-0.3, -0.25) is 9.59 Å². The first-order valence-corrected chi connectivity index (χ1v) is 11.0. The molecule has 1 aliphatic heterocycles. The lowest BCUT2D eigenvalue weighted by Crippen LogP contribution is -2.46. The van der Waals surface area contributed by atoms with Gasteiger partial charge in [0.25, 0.3) is 0 Å². The molecule has 0 radical (unpaired) electrons. The molecule has 1 atom stereocenters. The molecule has 1 unspecified atom stereocenters. The number of nitrogens with zero attached hydrogens (tertiary/aromatic N) is 6. The molecule has 0 spiro atoms. The largest absolute Gasteiger partial charge is 0.344 e. The van der Waals surface area contributed by atoms with Gasteiger partial charge in [0.2, 0.25) is 11.8 Å². The third-order valence-corrected chi connectivity index (χ3v) is 6.27. The zero-order chi connectivity index (χ0) is 22.9. The maximum Gasteiger partial charge on any atom is 0.246 e. The number of carbonyl (C=O) groups is 2. The molecule has 1 fully saturated rings. The number of nitrogens with one attached hydrogen (secondary N) is 1. The topological polar surface area (TPSA) is 99.5 Å². The van der Waals surface area contributed by atoms with E-state index >= 15 is 0 Å². The molecule has 33 heavy (non-hydrogen) atoms. The number of hydrogen-bond acceptors (Lipinski definition) is 5. The van der Waals surface area contributed by atoms with Gasteiger partial charge in [-0.25, -0.2) is 4.98 Å². The van der Waals surface area contributed by atoms with E-state index in [-0.39, 0.29) is 11.8 Å². The molecule has 2 amide bonds. The van der Waals surface area contributed by atoms with Gasteiger partial charge in [0, 0.05) is 55.6 Å². The van der Waals surface area contributed by atoms with Gasteiger partial charge in [0.05, 0.1) is 11.7 Å². The number of hydrogen-bond donors (Lipinski definition) is 1. The molecule has 168 valence electrons. The fourth-order valence-electron chi connectivity index (χ4n) is 4.55. The van der Waals surface area contributed by atoms with E-state index in [1.54, 1.807) is 33.9 Å². The van der Waals surface area contributed by atoms with Crippen molar-refractivity contribution < 1.29 is 9.59 Å². The zero-order valence-electron chi connectivity index (χ0n) is 18.4. The minimum Gasteiger partial charge on any atom is -0.344 e. The molecule has 0 aliphatic carbocycles. The number of likely N-dealkylation sites (tertiary alicyclic amines) is 1. The predicted octanol–water partition coefficient (Wildman–Crippen LogP) is 2.45. The average Bonchev–Trinajstić information content (AvgIpc) is 3.58. The highest BCUT2D eigenvalue weighted by Gasteiger charge is 2.34. The summed E-state index contributed by atoms with van der Waals surface area (Å²) in [5.74, 6) is -0.215. The Bertz CT molecular complexity index is 1360. The van der Waals surface area contributed by atoms with Crippen molar-refractivity contribution in [1.82, 2.24) is 34.6 Å². The van der Waals surface area contributed by atoms with Crippen LogP contribution in [0, 0.1) is 0 Å². The highest BCUT2D eigenvalue weighted by molar-refractivity contribution is 5.97. The van der Waals surface area contributed by atoms with Crippen molar-refractivity contribution in [3.05, 3.63) is 61.2 Å². The van der Waals surface area contributed by atoms with Gasteiger partial charge in [-0.2, -0.15) is 14.8 Å². The first kappa shape index (κ1) is 20.9. The van der Waals surface area contributed by atoms with Crippen LogP contribution in [0.1, 0.15) is 18.5 Å². The summed E-state index contributed by atoms with van der Waals surface area (Å²) in [5.41, 5.74) is 4.72. The van der Waals surface area contributed by atoms with E-state index in [9.17, 15) is 9.59 Å². The molecule has 1 aliphatic rings. The number of pyridine rings is 1. The van der Waals surface area contributed by atoms with Gasteiger partial charge in [-0.1, -0.05) is 6.58 Å². The minimum absolute atomic E-state index is 0.0310. The van der Waals surface area contributed by atoms with Gasteiger partial charge in [-0.15, -0.1) is 0 Å². The lowest BCUT2D eigenvalue weighted by molar-refractivity contribution is -0.140. The Balaban J connectivity index is 1.34. The molecule has 4 aromatic rings. The van der Waals surface area contributed by atoms with Crippen LogP contribution >= 0.6 is 0 Å². The highest BCUT2D eigenvalue weighted by atomic mass is 16.2. The standard InChI is InChI=1S/C24H25N7O2/c1-3-22(32)30-12-5-7-21(30)24(33)29(2)13-9-16-14-18-17(8-11-25-23(18)28-16)19-15-27-31-20(19)6-4-10-26-31/h3-4,6,8,10-11,14-15,21H,1,5,7,9,12-13H2,2H3,(H,25,28). The zero-order valence-corrected chi connectivity index (χ0v) is 18.4. The Labute approximate surface area is 190 Å². The Hall–Kier alpha value is -4.01. The number of aromatic amines is 1. The molecule has 4 aromatic heterocycles. The normalized spacial score (nSPS) is 15.9. The monoisotopic (exact) mass is 443 g/mol. The molecule has 0 aromatic carbocycles. The van der Waals surface area contributed by atoms with Crippen molar-refractivity contribution in [3.63, 3.8) is 0 Å². The molecule has 5 rings (SSSR count). The number of amides is 2. The second kappa shape index (κ2) is 8.50. The second-order valence-corrected chi connectivity index (χ2v) is 8.28. The Morgan fingerprint density at radius 1 is 1.27 bits per heavy atom. The summed E-state index contributed by atoms with van der Waals surface area (Å²) in [6.45, 7) is 4.69. The smallest absolute Gasteiger partial charge is 0.246 e. The molecule has 1 saturated heterocycles. The molecule has 0 bridgehead atoms. The van der Waals surface area contributed by atoms with Gasteiger partial charge in [0.15, 0.2) is 0 Å². The second-order valence-electron chi connectivity index (χ2n) is 8.28. The van der Waals surface area contributed by atoms with Gasteiger partial charge >= 0.3 is 0 Å². The van der Waals surface area contributed by atoms with E-state index < -0.39 is 6.04 Å². The number of fused-ring (bicyclic) bond motifs is 2. The SMILES string of the molecule is C=CC(=O)N1CCCC1C(=O)N(C)CCc1cc2c(-c3cnn4ncccc34)ccnc2[nH]1. The van der Waals surface area contributed by atoms with E-state index in [2.05, 4.69) is 32.8 Å². The van der Waals surface area contributed by atoms with E-state index in [1.807, 2.05) is 24.4 Å². The number of H-pyrrole nitrogens is 1. The van der Waals surface area contributed by atoms with Gasteiger partial charge in [-0.05, 0) is 48.7 Å². The van der Waals surface area contributed by atoms with E-state index in [1.165, 1.54) is 6.08 Å². The van der Waals surface area contributed by atoms with E-state index in [4.69, 9.17) is 0 Å². The molecule has 9 nitrogen and oxygen atoms in total. The Morgan fingerprint density at radius 2 is 2.15 bits per heavy atom. The number of aromatic nitrogens is 5. The van der Waals surface area contributed by atoms with Crippen molar-refractivity contribution in [2.24, 2.45) is 0 Å². The lowest BCUT2D eigenvalue weighted by atomic mass is 10.1. The van der Waals surface area contributed by atoms with Crippen molar-refractivity contribution in [2.45, 2.75) is 25.3 Å². The highest BCUT2D eigenvalue weighted by Crippen LogP contribution is 2.31. The molecular weight excluding hydrogens is 418 g/mol. The van der Waals surface area contributed by atoms with Crippen molar-refractivity contribution >= 4 is 28.4 Å². The van der Waals surface area contributed by atoms with Gasteiger partial charge in [0.1, 0.15) is 11.7 Å². The van der Waals surface area contributed by atoms with Crippen LogP contribution in [0.4, 0.5) is 0 Å². The van der Waals surface area contributed by atoms with Gasteiger partial charge < -0.3 is 14.8 Å². The summed E-state index contributed by atoms with van der Waals surface area (Å²) in [5, 5.41) is 9.59. The summed E-state index contributed by atoms with van der Waals surface area (Å²) in [6.07, 6.45) is 8.75. The minimum atomic E-state index is -0.402. The number of rotatable bonds is 6. The van der Waals surface area contributed by atoms with Crippen LogP contribution < -0.4 is 0 Å². The maximum atomic E-state index is 13.0. The van der Waals surface area contributed by atoms with Crippen LogP contribution in [0.15, 0.2) is 55.5 Å². The molecule has 0 saturated carbocycles. The van der Waals surface area contributed by atoms with Crippen molar-refractivity contribution in [1.29, 1.82) is 0 Å². The summed E-state index contributed by atoms with van der Waals surface area (Å²) < 4.78 is 1.61. The summed E-state index contributed by atoms with van der Waals surface area (Å²) >= 11 is 0. The molecular formula is C24H25N7O2. The summed E-state index contributed by atoms with van der Waals surface area (Å²) in [6, 6.07) is 7.53. The third-order valence-electron chi connectivity index (χ3n) is 6.27. The fraction of sp³-hybridized carbons (Fsp3) is 0.292. The third kappa shape index (κ3) is 3.75. The van der Waals surface area contributed by atoms with Crippen LogP contribution in [0.3, 0.4) is 0 Å². The van der Waals surface area contributed by atoms with Crippen LogP contribution in [0.25, 0.3) is 27.7 Å². The van der Waals surface area contributed by atoms with Crippen LogP contribution in [-0.2, 0) is 16.0 Å². The molecule has 9 heteroatoms. The predicted molar refractivity (Wildman–Crippen MR) is 124 cm³/mol. The van der Waals surface area contributed by atoms with Crippen LogP contribution in [0.5, 0.6) is 0 Å². The summed E-state index contributed by atoms with van der Waals surface area (Å²) in [4.78, 5) is 36.2.